The second kappa shape index (κ2) is 8.02. The first-order valence-corrected chi connectivity index (χ1v) is 9.25. The standard InChI is InChI=1S/C20H29NO3/c1-15(2)13-23-19-9-11-21(12-10-19)20(22)17-5-7-18(8-6-17)24-14-16-3-4-16/h5-8,15-16,19H,3-4,9-14H2,1-2H3. The smallest absolute Gasteiger partial charge is 0.253 e. The lowest BCUT2D eigenvalue weighted by molar-refractivity contribution is -0.00231. The number of hydrogen-bond acceptors (Lipinski definition) is 3. The van der Waals surface area contributed by atoms with Crippen molar-refractivity contribution in [3.63, 3.8) is 0 Å². The van der Waals surface area contributed by atoms with Gasteiger partial charge in [0.15, 0.2) is 0 Å². The molecule has 1 saturated carbocycles. The Kier molecular flexibility index (Phi) is 5.77. The maximum absolute atomic E-state index is 12.6. The van der Waals surface area contributed by atoms with Crippen molar-refractivity contribution in [1.29, 1.82) is 0 Å². The lowest BCUT2D eigenvalue weighted by atomic mass is 10.1. The Balaban J connectivity index is 1.45. The largest absolute Gasteiger partial charge is 0.493 e. The maximum atomic E-state index is 12.6. The fourth-order valence-corrected chi connectivity index (χ4v) is 2.93. The van der Waals surface area contributed by atoms with E-state index >= 15 is 0 Å². The van der Waals surface area contributed by atoms with Crippen molar-refractivity contribution in [2.45, 2.75) is 45.6 Å². The molecular formula is C20H29NO3. The van der Waals surface area contributed by atoms with Gasteiger partial charge in [0.25, 0.3) is 5.91 Å². The zero-order chi connectivity index (χ0) is 16.9. The quantitative estimate of drug-likeness (QED) is 0.764. The third-order valence-corrected chi connectivity index (χ3v) is 4.68. The molecule has 2 fully saturated rings. The van der Waals surface area contributed by atoms with E-state index in [-0.39, 0.29) is 5.91 Å². The van der Waals surface area contributed by atoms with Crippen molar-refractivity contribution >= 4 is 5.91 Å². The van der Waals surface area contributed by atoms with E-state index in [4.69, 9.17) is 9.47 Å². The molecule has 0 aromatic heterocycles. The van der Waals surface area contributed by atoms with Crippen LogP contribution in [0.15, 0.2) is 24.3 Å². The van der Waals surface area contributed by atoms with Gasteiger partial charge in [-0.25, -0.2) is 0 Å². The van der Waals surface area contributed by atoms with E-state index in [1.165, 1.54) is 12.8 Å². The highest BCUT2D eigenvalue weighted by atomic mass is 16.5. The summed E-state index contributed by atoms with van der Waals surface area (Å²) in [7, 11) is 0. The number of rotatable bonds is 7. The molecule has 1 heterocycles. The van der Waals surface area contributed by atoms with Gasteiger partial charge in [0.05, 0.1) is 12.7 Å². The van der Waals surface area contributed by atoms with Crippen molar-refractivity contribution < 1.29 is 14.3 Å². The summed E-state index contributed by atoms with van der Waals surface area (Å²) in [4.78, 5) is 14.5. The van der Waals surface area contributed by atoms with Crippen LogP contribution in [0.5, 0.6) is 5.75 Å². The first kappa shape index (κ1) is 17.3. The number of carbonyl (C=O) groups is 1. The van der Waals surface area contributed by atoms with Crippen molar-refractivity contribution in [2.75, 3.05) is 26.3 Å². The summed E-state index contributed by atoms with van der Waals surface area (Å²) in [6, 6.07) is 7.58. The SMILES string of the molecule is CC(C)COC1CCN(C(=O)c2ccc(OCC3CC3)cc2)CC1. The molecule has 2 aliphatic rings. The van der Waals surface area contributed by atoms with E-state index in [0.717, 1.165) is 56.4 Å². The van der Waals surface area contributed by atoms with Gasteiger partial charge in [-0.3, -0.25) is 4.79 Å². The van der Waals surface area contributed by atoms with E-state index in [0.29, 0.717) is 12.0 Å². The van der Waals surface area contributed by atoms with E-state index < -0.39 is 0 Å². The molecule has 3 rings (SSSR count). The second-order valence-electron chi connectivity index (χ2n) is 7.50. The third-order valence-electron chi connectivity index (χ3n) is 4.68. The van der Waals surface area contributed by atoms with Crippen LogP contribution in [-0.4, -0.2) is 43.2 Å². The molecule has 4 nitrogen and oxygen atoms in total. The zero-order valence-corrected chi connectivity index (χ0v) is 14.9. The zero-order valence-electron chi connectivity index (χ0n) is 14.9. The summed E-state index contributed by atoms with van der Waals surface area (Å²) in [5, 5.41) is 0. The summed E-state index contributed by atoms with van der Waals surface area (Å²) in [5.74, 6) is 2.28. The van der Waals surface area contributed by atoms with Gasteiger partial charge in [-0.1, -0.05) is 13.8 Å². The molecule has 0 spiro atoms. The van der Waals surface area contributed by atoms with Crippen molar-refractivity contribution in [3.8, 4) is 5.75 Å². The van der Waals surface area contributed by atoms with Gasteiger partial charge >= 0.3 is 0 Å². The number of hydrogen-bond donors (Lipinski definition) is 0. The highest BCUT2D eigenvalue weighted by Gasteiger charge is 2.24. The van der Waals surface area contributed by atoms with Gasteiger partial charge in [0.1, 0.15) is 5.75 Å². The minimum Gasteiger partial charge on any atom is -0.493 e. The fraction of sp³-hybridized carbons (Fsp3) is 0.650. The Labute approximate surface area is 145 Å². The van der Waals surface area contributed by atoms with Crippen molar-refractivity contribution in [3.05, 3.63) is 29.8 Å². The molecule has 1 aromatic carbocycles. The highest BCUT2D eigenvalue weighted by Crippen LogP contribution is 2.29. The molecule has 0 bridgehead atoms. The lowest BCUT2D eigenvalue weighted by Crippen LogP contribution is -2.41. The number of piperidine rings is 1. The lowest BCUT2D eigenvalue weighted by Gasteiger charge is -2.32. The fourth-order valence-electron chi connectivity index (χ4n) is 2.93. The second-order valence-corrected chi connectivity index (χ2v) is 7.50. The number of carbonyl (C=O) groups excluding carboxylic acids is 1. The van der Waals surface area contributed by atoms with Gasteiger partial charge in [-0.2, -0.15) is 0 Å². The van der Waals surface area contributed by atoms with Crippen LogP contribution >= 0.6 is 0 Å². The Morgan fingerprint density at radius 3 is 2.38 bits per heavy atom. The van der Waals surface area contributed by atoms with Crippen LogP contribution in [0.2, 0.25) is 0 Å². The van der Waals surface area contributed by atoms with Gasteiger partial charge in [-0.05, 0) is 61.8 Å². The molecule has 1 saturated heterocycles. The average Bonchev–Trinajstić information content (AvgIpc) is 3.43. The summed E-state index contributed by atoms with van der Waals surface area (Å²) in [6.07, 6.45) is 4.73. The minimum absolute atomic E-state index is 0.117. The van der Waals surface area contributed by atoms with E-state index in [9.17, 15) is 4.79 Å². The van der Waals surface area contributed by atoms with Gasteiger partial charge in [0.2, 0.25) is 0 Å². The molecule has 0 N–H and O–H groups in total. The third kappa shape index (κ3) is 4.97. The molecule has 0 atom stereocenters. The summed E-state index contributed by atoms with van der Waals surface area (Å²) >= 11 is 0. The summed E-state index contributed by atoms with van der Waals surface area (Å²) < 4.78 is 11.6. The predicted molar refractivity (Wildman–Crippen MR) is 94.4 cm³/mol. The minimum atomic E-state index is 0.117. The number of likely N-dealkylation sites (tertiary alicyclic amines) is 1. The molecule has 4 heteroatoms. The maximum Gasteiger partial charge on any atom is 0.253 e. The molecule has 1 amide bonds. The van der Waals surface area contributed by atoms with E-state index in [1.807, 2.05) is 29.2 Å². The first-order valence-electron chi connectivity index (χ1n) is 9.25. The van der Waals surface area contributed by atoms with Crippen LogP contribution in [0.3, 0.4) is 0 Å². The highest BCUT2D eigenvalue weighted by molar-refractivity contribution is 5.94. The van der Waals surface area contributed by atoms with Crippen LogP contribution in [0, 0.1) is 11.8 Å². The van der Waals surface area contributed by atoms with E-state index in [1.54, 1.807) is 0 Å². The molecule has 0 radical (unpaired) electrons. The Bertz CT molecular complexity index is 528. The summed E-state index contributed by atoms with van der Waals surface area (Å²) in [5.41, 5.74) is 0.746. The number of amides is 1. The Hall–Kier alpha value is -1.55. The summed E-state index contributed by atoms with van der Waals surface area (Å²) in [6.45, 7) is 7.49. The normalized spacial score (nSPS) is 18.9. The van der Waals surface area contributed by atoms with Crippen LogP contribution in [0.1, 0.15) is 49.9 Å². The Morgan fingerprint density at radius 2 is 1.79 bits per heavy atom. The molecular weight excluding hydrogens is 302 g/mol. The topological polar surface area (TPSA) is 38.8 Å². The molecule has 0 unspecified atom stereocenters. The molecule has 24 heavy (non-hydrogen) atoms. The molecule has 132 valence electrons. The number of ether oxygens (including phenoxy) is 2. The van der Waals surface area contributed by atoms with Crippen molar-refractivity contribution in [1.82, 2.24) is 4.90 Å². The predicted octanol–water partition coefficient (Wildman–Crippen LogP) is 3.75. The van der Waals surface area contributed by atoms with Gasteiger partial charge in [-0.15, -0.1) is 0 Å². The van der Waals surface area contributed by atoms with Crippen LogP contribution in [0.4, 0.5) is 0 Å². The molecule has 1 aliphatic carbocycles. The average molecular weight is 331 g/mol. The molecule has 1 aliphatic heterocycles. The van der Waals surface area contributed by atoms with Crippen LogP contribution in [0.25, 0.3) is 0 Å². The van der Waals surface area contributed by atoms with Gasteiger partial charge < -0.3 is 14.4 Å². The first-order chi connectivity index (χ1) is 11.6. The van der Waals surface area contributed by atoms with Crippen molar-refractivity contribution in [2.24, 2.45) is 11.8 Å². The van der Waals surface area contributed by atoms with Gasteiger partial charge in [0, 0.05) is 25.3 Å². The number of benzene rings is 1. The number of nitrogens with zero attached hydrogens (tertiary/aromatic N) is 1. The monoisotopic (exact) mass is 331 g/mol. The van der Waals surface area contributed by atoms with Crippen LogP contribution < -0.4 is 4.74 Å². The van der Waals surface area contributed by atoms with E-state index in [2.05, 4.69) is 13.8 Å². The van der Waals surface area contributed by atoms with Crippen LogP contribution in [-0.2, 0) is 4.74 Å². The molecule has 1 aromatic rings. The Morgan fingerprint density at radius 1 is 1.12 bits per heavy atom.